The molecule has 5 heteroatoms. The van der Waals surface area contributed by atoms with Gasteiger partial charge in [0.15, 0.2) is 0 Å². The van der Waals surface area contributed by atoms with Crippen molar-refractivity contribution in [3.8, 4) is 5.75 Å². The van der Waals surface area contributed by atoms with Crippen LogP contribution in [0, 0.1) is 0 Å². The summed E-state index contributed by atoms with van der Waals surface area (Å²) in [5.74, 6) is 0.654. The van der Waals surface area contributed by atoms with Crippen LogP contribution in [-0.2, 0) is 4.79 Å². The maximum Gasteiger partial charge on any atom is 0.246 e. The number of benzene rings is 1. The summed E-state index contributed by atoms with van der Waals surface area (Å²) in [6, 6.07) is 5.38. The van der Waals surface area contributed by atoms with Gasteiger partial charge < -0.3 is 15.4 Å². The number of methoxy groups -OCH3 is 1. The van der Waals surface area contributed by atoms with E-state index in [1.54, 1.807) is 36.3 Å². The molecule has 1 aliphatic rings. The molecule has 19 heavy (non-hydrogen) atoms. The number of hydrogen-bond acceptors (Lipinski definition) is 3. The third-order valence-corrected chi connectivity index (χ3v) is 3.37. The number of amides is 1. The molecule has 2 rings (SSSR count). The van der Waals surface area contributed by atoms with Crippen LogP contribution in [0.1, 0.15) is 12.0 Å². The van der Waals surface area contributed by atoms with E-state index < -0.39 is 0 Å². The van der Waals surface area contributed by atoms with Gasteiger partial charge in [-0.1, -0.05) is 11.6 Å². The van der Waals surface area contributed by atoms with Crippen LogP contribution in [0.25, 0.3) is 6.08 Å². The largest absolute Gasteiger partial charge is 0.496 e. The zero-order valence-corrected chi connectivity index (χ0v) is 11.6. The molecule has 2 N–H and O–H groups in total. The Bertz CT molecular complexity index is 502. The van der Waals surface area contributed by atoms with E-state index in [2.05, 4.69) is 0 Å². The average Bonchev–Trinajstić information content (AvgIpc) is 2.83. The van der Waals surface area contributed by atoms with Crippen LogP contribution in [0.2, 0.25) is 5.02 Å². The van der Waals surface area contributed by atoms with E-state index in [0.29, 0.717) is 17.3 Å². The van der Waals surface area contributed by atoms with Crippen LogP contribution in [-0.4, -0.2) is 37.0 Å². The van der Waals surface area contributed by atoms with Gasteiger partial charge >= 0.3 is 0 Å². The van der Waals surface area contributed by atoms with Crippen LogP contribution >= 0.6 is 11.6 Å². The zero-order valence-electron chi connectivity index (χ0n) is 10.8. The van der Waals surface area contributed by atoms with Crippen molar-refractivity contribution in [3.63, 3.8) is 0 Å². The number of nitrogens with zero attached hydrogens (tertiary/aromatic N) is 1. The quantitative estimate of drug-likeness (QED) is 0.861. The second-order valence-corrected chi connectivity index (χ2v) is 4.99. The van der Waals surface area contributed by atoms with Crippen molar-refractivity contribution in [2.24, 2.45) is 5.73 Å². The van der Waals surface area contributed by atoms with Crippen LogP contribution in [0.5, 0.6) is 5.75 Å². The highest BCUT2D eigenvalue weighted by Gasteiger charge is 2.21. The summed E-state index contributed by atoms with van der Waals surface area (Å²) in [6.45, 7) is 1.34. The monoisotopic (exact) mass is 280 g/mol. The van der Waals surface area contributed by atoms with Crippen molar-refractivity contribution < 1.29 is 9.53 Å². The van der Waals surface area contributed by atoms with Crippen LogP contribution in [0.15, 0.2) is 24.3 Å². The molecule has 0 spiro atoms. The van der Waals surface area contributed by atoms with E-state index >= 15 is 0 Å². The Morgan fingerprint density at radius 2 is 2.37 bits per heavy atom. The highest BCUT2D eigenvalue weighted by atomic mass is 35.5. The minimum Gasteiger partial charge on any atom is -0.496 e. The zero-order chi connectivity index (χ0) is 13.8. The average molecular weight is 281 g/mol. The van der Waals surface area contributed by atoms with E-state index in [-0.39, 0.29) is 11.9 Å². The molecule has 0 aromatic heterocycles. The van der Waals surface area contributed by atoms with E-state index in [1.165, 1.54) is 6.08 Å². The van der Waals surface area contributed by atoms with Gasteiger partial charge in [-0.15, -0.1) is 0 Å². The van der Waals surface area contributed by atoms with Crippen LogP contribution < -0.4 is 10.5 Å². The normalized spacial score (nSPS) is 19.1. The van der Waals surface area contributed by atoms with E-state index in [0.717, 1.165) is 18.5 Å². The molecule has 1 aromatic rings. The van der Waals surface area contributed by atoms with Crippen molar-refractivity contribution in [1.82, 2.24) is 4.90 Å². The number of nitrogens with two attached hydrogens (primary N) is 1. The first kappa shape index (κ1) is 13.9. The van der Waals surface area contributed by atoms with E-state index in [4.69, 9.17) is 22.1 Å². The van der Waals surface area contributed by atoms with Crippen LogP contribution in [0.3, 0.4) is 0 Å². The van der Waals surface area contributed by atoms with Crippen molar-refractivity contribution in [3.05, 3.63) is 34.9 Å². The van der Waals surface area contributed by atoms with Crippen molar-refractivity contribution >= 4 is 23.6 Å². The molecule has 0 unspecified atom stereocenters. The summed E-state index contributed by atoms with van der Waals surface area (Å²) < 4.78 is 5.22. The summed E-state index contributed by atoms with van der Waals surface area (Å²) >= 11 is 5.93. The van der Waals surface area contributed by atoms with E-state index in [9.17, 15) is 4.79 Å². The number of rotatable bonds is 3. The number of carbonyl (C=O) groups excluding carboxylic acids is 1. The van der Waals surface area contributed by atoms with E-state index in [1.807, 2.05) is 0 Å². The lowest BCUT2D eigenvalue weighted by Gasteiger charge is -2.12. The second-order valence-electron chi connectivity index (χ2n) is 4.55. The summed E-state index contributed by atoms with van der Waals surface area (Å²) in [4.78, 5) is 13.7. The van der Waals surface area contributed by atoms with Gasteiger partial charge in [0.2, 0.25) is 5.91 Å². The second kappa shape index (κ2) is 6.08. The van der Waals surface area contributed by atoms with Crippen molar-refractivity contribution in [2.75, 3.05) is 20.2 Å². The van der Waals surface area contributed by atoms with Crippen molar-refractivity contribution in [1.29, 1.82) is 0 Å². The molecule has 1 heterocycles. The molecule has 0 saturated carbocycles. The van der Waals surface area contributed by atoms with Gasteiger partial charge in [0, 0.05) is 35.8 Å². The first-order valence-electron chi connectivity index (χ1n) is 6.16. The minimum absolute atomic E-state index is 0.0324. The Hall–Kier alpha value is -1.52. The lowest BCUT2D eigenvalue weighted by molar-refractivity contribution is -0.124. The Balaban J connectivity index is 2.09. The third kappa shape index (κ3) is 3.49. The Labute approximate surface area is 117 Å². The molecule has 1 amide bonds. The molecule has 0 bridgehead atoms. The number of hydrogen-bond donors (Lipinski definition) is 1. The first-order valence-corrected chi connectivity index (χ1v) is 6.54. The van der Waals surface area contributed by atoms with Gasteiger partial charge in [0.05, 0.1) is 7.11 Å². The molecule has 102 valence electrons. The maximum absolute atomic E-state index is 12.0. The third-order valence-electron chi connectivity index (χ3n) is 3.13. The van der Waals surface area contributed by atoms with Gasteiger partial charge in [0.25, 0.3) is 0 Å². The summed E-state index contributed by atoms with van der Waals surface area (Å²) in [7, 11) is 1.59. The summed E-state index contributed by atoms with van der Waals surface area (Å²) in [5.41, 5.74) is 6.56. The first-order chi connectivity index (χ1) is 9.10. The van der Waals surface area contributed by atoms with Gasteiger partial charge in [-0.25, -0.2) is 0 Å². The highest BCUT2D eigenvalue weighted by molar-refractivity contribution is 6.30. The van der Waals surface area contributed by atoms with Gasteiger partial charge in [-0.3, -0.25) is 4.79 Å². The lowest BCUT2D eigenvalue weighted by Crippen LogP contribution is -2.30. The smallest absolute Gasteiger partial charge is 0.246 e. The fourth-order valence-electron chi connectivity index (χ4n) is 2.09. The highest BCUT2D eigenvalue weighted by Crippen LogP contribution is 2.24. The Morgan fingerprint density at radius 3 is 3.00 bits per heavy atom. The molecule has 4 nitrogen and oxygen atoms in total. The molecule has 0 radical (unpaired) electrons. The Morgan fingerprint density at radius 1 is 1.58 bits per heavy atom. The van der Waals surface area contributed by atoms with Gasteiger partial charge in [-0.2, -0.15) is 0 Å². The molecule has 1 saturated heterocycles. The molecule has 1 atom stereocenters. The fraction of sp³-hybridized carbons (Fsp3) is 0.357. The number of likely N-dealkylation sites (tertiary alicyclic amines) is 1. The fourth-order valence-corrected chi connectivity index (χ4v) is 2.27. The molecular formula is C14H17ClN2O2. The van der Waals surface area contributed by atoms with Crippen molar-refractivity contribution in [2.45, 2.75) is 12.5 Å². The predicted octanol–water partition coefficient (Wildman–Crippen LogP) is 1.92. The van der Waals surface area contributed by atoms with Crippen LogP contribution in [0.4, 0.5) is 0 Å². The number of carbonyl (C=O) groups is 1. The molecule has 0 aliphatic carbocycles. The topological polar surface area (TPSA) is 55.6 Å². The molecular weight excluding hydrogens is 264 g/mol. The molecule has 1 fully saturated rings. The summed E-state index contributed by atoms with van der Waals surface area (Å²) in [6.07, 6.45) is 4.11. The molecule has 1 aromatic carbocycles. The predicted molar refractivity (Wildman–Crippen MR) is 76.2 cm³/mol. The Kier molecular flexibility index (Phi) is 4.45. The number of halogens is 1. The van der Waals surface area contributed by atoms with Gasteiger partial charge in [-0.05, 0) is 30.7 Å². The molecule has 1 aliphatic heterocycles. The standard InChI is InChI=1S/C14H17ClN2O2/c1-19-13-4-3-11(15)8-10(13)2-5-14(18)17-7-6-12(16)9-17/h2-5,8,12H,6-7,9,16H2,1H3/t12-/m1/s1. The van der Waals surface area contributed by atoms with Gasteiger partial charge in [0.1, 0.15) is 5.75 Å². The number of ether oxygens (including phenoxy) is 1. The summed E-state index contributed by atoms with van der Waals surface area (Å²) in [5, 5.41) is 0.607. The SMILES string of the molecule is COc1ccc(Cl)cc1C=CC(=O)N1CC[C@@H](N)C1. The maximum atomic E-state index is 12.0. The lowest BCUT2D eigenvalue weighted by atomic mass is 10.2. The minimum atomic E-state index is -0.0324.